The summed E-state index contributed by atoms with van der Waals surface area (Å²) in [5.41, 5.74) is 2.33. The number of hydrogen-bond acceptors (Lipinski definition) is 4. The van der Waals surface area contributed by atoms with Gasteiger partial charge in [0.1, 0.15) is 6.29 Å². The highest BCUT2D eigenvalue weighted by Crippen LogP contribution is 2.10. The number of ether oxygens (including phenoxy) is 1. The van der Waals surface area contributed by atoms with Crippen LogP contribution in [0.25, 0.3) is 0 Å². The van der Waals surface area contributed by atoms with Crippen LogP contribution in [0.1, 0.15) is 0 Å². The fourth-order valence-corrected chi connectivity index (χ4v) is 0.873. The topological polar surface area (TPSA) is 69.4 Å². The number of methoxy groups -OCH3 is 1. The molecule has 0 bridgehead atoms. The van der Waals surface area contributed by atoms with Gasteiger partial charge in [0.25, 0.3) is 0 Å². The van der Waals surface area contributed by atoms with E-state index in [1.165, 1.54) is 19.3 Å². The Balaban J connectivity index is 3.24. The van der Waals surface area contributed by atoms with Crippen LogP contribution in [-0.2, 0) is 9.53 Å². The van der Waals surface area contributed by atoms with Crippen LogP contribution < -0.4 is 0 Å². The van der Waals surface area contributed by atoms with Crippen molar-refractivity contribution in [3.8, 4) is 0 Å². The zero-order valence-corrected chi connectivity index (χ0v) is 7.39. The van der Waals surface area contributed by atoms with Crippen molar-refractivity contribution in [3.05, 3.63) is 51.1 Å². The molecule has 72 valence electrons. The van der Waals surface area contributed by atoms with Crippen molar-refractivity contribution in [3.63, 3.8) is 0 Å². The summed E-state index contributed by atoms with van der Waals surface area (Å²) in [5, 5.41) is 10.5. The Morgan fingerprint density at radius 1 is 1.57 bits per heavy atom. The van der Waals surface area contributed by atoms with E-state index >= 15 is 0 Å². The second kappa shape index (κ2) is 4.20. The van der Waals surface area contributed by atoms with Crippen LogP contribution in [0, 0.1) is 10.1 Å². The molecule has 0 aromatic carbocycles. The minimum Gasteiger partial charge on any atom is -0.489 e. The fourth-order valence-electron chi connectivity index (χ4n) is 0.873. The maximum Gasteiger partial charge on any atom is 0.316 e. The Labute approximate surface area is 79.8 Å². The van der Waals surface area contributed by atoms with Crippen molar-refractivity contribution in [2.24, 2.45) is 0 Å². The summed E-state index contributed by atoms with van der Waals surface area (Å²) in [6.07, 6.45) is 4.53. The number of rotatable bonds is 3. The highest BCUT2D eigenvalue weighted by molar-refractivity contribution is 5.78. The van der Waals surface area contributed by atoms with Crippen molar-refractivity contribution < 1.29 is 14.5 Å². The van der Waals surface area contributed by atoms with Gasteiger partial charge in [-0.2, -0.15) is 0 Å². The molecule has 0 aromatic heterocycles. The summed E-state index contributed by atoms with van der Waals surface area (Å²) >= 11 is 0. The molecule has 14 heavy (non-hydrogen) atoms. The summed E-state index contributed by atoms with van der Waals surface area (Å²) in [6.45, 7) is 0. The van der Waals surface area contributed by atoms with Gasteiger partial charge in [0, 0.05) is 17.4 Å². The third-order valence-electron chi connectivity index (χ3n) is 1.53. The maximum absolute atomic E-state index is 10.5. The third-order valence-corrected chi connectivity index (χ3v) is 1.53. The van der Waals surface area contributed by atoms with Gasteiger partial charge in [-0.15, -0.1) is 0 Å². The Morgan fingerprint density at radius 3 is 2.79 bits per heavy atom. The van der Waals surface area contributed by atoms with E-state index in [2.05, 4.69) is 5.73 Å². The molecule has 0 spiro atoms. The van der Waals surface area contributed by atoms with Gasteiger partial charge in [-0.3, -0.25) is 14.9 Å². The molecule has 0 N–H and O–H groups in total. The Kier molecular flexibility index (Phi) is 2.99. The molecular formula is C9H7NO4. The number of carbonyl (C=O) groups is 1. The van der Waals surface area contributed by atoms with Crippen molar-refractivity contribution in [2.45, 2.75) is 0 Å². The largest absolute Gasteiger partial charge is 0.489 e. The molecule has 0 unspecified atom stereocenters. The standard InChI is InChI=1S/C9H7NO4/c1-14-9-3-2-7(6-11)4-8(5-9)10(12)13/h2-4,6H,1H3. The van der Waals surface area contributed by atoms with Crippen LogP contribution in [0.2, 0.25) is 0 Å². The number of hydrogen-bond donors (Lipinski definition) is 0. The lowest BCUT2D eigenvalue weighted by molar-refractivity contribution is -0.418. The van der Waals surface area contributed by atoms with Gasteiger partial charge < -0.3 is 4.74 Å². The highest BCUT2D eigenvalue weighted by Gasteiger charge is 2.10. The van der Waals surface area contributed by atoms with Crippen molar-refractivity contribution in [2.75, 3.05) is 7.11 Å². The lowest BCUT2D eigenvalue weighted by Crippen LogP contribution is -1.95. The summed E-state index contributed by atoms with van der Waals surface area (Å²) in [5.74, 6) is 0.213. The Hall–Kier alpha value is -2.13. The van der Waals surface area contributed by atoms with E-state index < -0.39 is 4.92 Å². The molecule has 0 radical (unpaired) electrons. The molecule has 0 aliphatic heterocycles. The Morgan fingerprint density at radius 2 is 2.29 bits per heavy atom. The average molecular weight is 193 g/mol. The van der Waals surface area contributed by atoms with Gasteiger partial charge in [0.2, 0.25) is 0 Å². The van der Waals surface area contributed by atoms with E-state index in [0.29, 0.717) is 6.29 Å². The first-order valence-corrected chi connectivity index (χ1v) is 3.71. The molecular weight excluding hydrogens is 186 g/mol. The van der Waals surface area contributed by atoms with Gasteiger partial charge in [0.05, 0.1) is 12.0 Å². The molecule has 5 heteroatoms. The first-order valence-electron chi connectivity index (χ1n) is 3.71. The third kappa shape index (κ3) is 2.18. The molecule has 0 amide bonds. The van der Waals surface area contributed by atoms with Gasteiger partial charge >= 0.3 is 5.70 Å². The van der Waals surface area contributed by atoms with E-state index in [0.717, 1.165) is 6.08 Å². The number of nitro groups is 1. The van der Waals surface area contributed by atoms with E-state index in [1.54, 1.807) is 0 Å². The highest BCUT2D eigenvalue weighted by atomic mass is 16.6. The van der Waals surface area contributed by atoms with Crippen LogP contribution >= 0.6 is 0 Å². The molecule has 0 saturated heterocycles. The summed E-state index contributed by atoms with van der Waals surface area (Å²) < 4.78 is 4.79. The molecule has 1 aliphatic rings. The Bertz CT molecular complexity index is 397. The zero-order valence-electron chi connectivity index (χ0n) is 7.39. The smallest absolute Gasteiger partial charge is 0.316 e. The normalized spacial score (nSPS) is 14.8. The SMILES string of the molecule is COC1=C=C([N+](=O)[O-])C=C(C=O)C=C1. The second-order valence-corrected chi connectivity index (χ2v) is 2.43. The van der Waals surface area contributed by atoms with Crippen molar-refractivity contribution in [1.82, 2.24) is 0 Å². The van der Waals surface area contributed by atoms with Gasteiger partial charge in [-0.1, -0.05) is 0 Å². The van der Waals surface area contributed by atoms with Crippen molar-refractivity contribution in [1.29, 1.82) is 0 Å². The summed E-state index contributed by atoms with van der Waals surface area (Å²) in [4.78, 5) is 20.3. The van der Waals surface area contributed by atoms with E-state index in [9.17, 15) is 14.9 Å². The van der Waals surface area contributed by atoms with Crippen LogP contribution in [0.4, 0.5) is 0 Å². The molecule has 5 nitrogen and oxygen atoms in total. The number of allylic oxidation sites excluding steroid dienone is 3. The molecule has 0 saturated carbocycles. The monoisotopic (exact) mass is 193 g/mol. The van der Waals surface area contributed by atoms with E-state index in [-0.39, 0.29) is 17.0 Å². The molecule has 0 heterocycles. The van der Waals surface area contributed by atoms with E-state index in [4.69, 9.17) is 4.74 Å². The fraction of sp³-hybridized carbons (Fsp3) is 0.111. The average Bonchev–Trinajstić information content (AvgIpc) is 2.39. The first-order chi connectivity index (χ1) is 6.67. The molecule has 1 aliphatic carbocycles. The molecule has 1 rings (SSSR count). The predicted molar refractivity (Wildman–Crippen MR) is 47.8 cm³/mol. The number of carbonyl (C=O) groups excluding carboxylic acids is 1. The first kappa shape index (κ1) is 9.95. The minimum atomic E-state index is -0.629. The quantitative estimate of drug-likeness (QED) is 0.290. The molecule has 0 aromatic rings. The number of aldehydes is 1. The zero-order chi connectivity index (χ0) is 10.6. The minimum absolute atomic E-state index is 0.205. The number of nitrogens with zero attached hydrogens (tertiary/aromatic N) is 1. The van der Waals surface area contributed by atoms with Crippen molar-refractivity contribution >= 4 is 6.29 Å². The lowest BCUT2D eigenvalue weighted by Gasteiger charge is -1.92. The van der Waals surface area contributed by atoms with E-state index in [1.807, 2.05) is 0 Å². The van der Waals surface area contributed by atoms with Crippen LogP contribution in [0.3, 0.4) is 0 Å². The van der Waals surface area contributed by atoms with Crippen LogP contribution in [-0.4, -0.2) is 18.3 Å². The van der Waals surface area contributed by atoms with Gasteiger partial charge in [-0.25, -0.2) is 0 Å². The molecule has 0 fully saturated rings. The van der Waals surface area contributed by atoms with Crippen LogP contribution in [0.5, 0.6) is 0 Å². The lowest BCUT2D eigenvalue weighted by atomic mass is 10.2. The predicted octanol–water partition coefficient (Wildman–Crippen LogP) is 0.971. The summed E-state index contributed by atoms with van der Waals surface area (Å²) in [6, 6.07) is 0. The second-order valence-electron chi connectivity index (χ2n) is 2.43. The van der Waals surface area contributed by atoms with Crippen LogP contribution in [0.15, 0.2) is 41.0 Å². The van der Waals surface area contributed by atoms with Gasteiger partial charge in [0.15, 0.2) is 5.76 Å². The maximum atomic E-state index is 10.5. The summed E-state index contributed by atoms with van der Waals surface area (Å²) in [7, 11) is 1.37. The molecule has 0 atom stereocenters. The van der Waals surface area contributed by atoms with Gasteiger partial charge in [-0.05, 0) is 12.2 Å².